The van der Waals surface area contributed by atoms with Gasteiger partial charge in [0, 0.05) is 4.47 Å². The van der Waals surface area contributed by atoms with Crippen LogP contribution in [0.3, 0.4) is 0 Å². The van der Waals surface area contributed by atoms with Gasteiger partial charge in [-0.3, -0.25) is 4.99 Å². The van der Waals surface area contributed by atoms with Gasteiger partial charge in [0.05, 0.1) is 11.7 Å². The van der Waals surface area contributed by atoms with Crippen molar-refractivity contribution in [3.63, 3.8) is 0 Å². The lowest BCUT2D eigenvalue weighted by Gasteiger charge is -2.08. The molecule has 2 rings (SSSR count). The third-order valence-corrected chi connectivity index (χ3v) is 3.97. The number of halogens is 1. The highest BCUT2D eigenvalue weighted by molar-refractivity contribution is 9.10. The minimum absolute atomic E-state index is 0.232. The van der Waals surface area contributed by atoms with Crippen molar-refractivity contribution in [2.75, 3.05) is 0 Å². The van der Waals surface area contributed by atoms with Gasteiger partial charge in [0.2, 0.25) is 0 Å². The molecule has 4 N–H and O–H groups in total. The Hall–Kier alpha value is -1.80. The summed E-state index contributed by atoms with van der Waals surface area (Å²) in [6.07, 6.45) is 4.43. The quantitative estimate of drug-likeness (QED) is 0.506. The number of amidine groups is 1. The van der Waals surface area contributed by atoms with Crippen LogP contribution >= 0.6 is 15.9 Å². The first kappa shape index (κ1) is 14.6. The van der Waals surface area contributed by atoms with Gasteiger partial charge in [-0.05, 0) is 30.5 Å². The number of hydrogen-bond acceptors (Lipinski definition) is 3. The first-order valence-corrected chi connectivity index (χ1v) is 7.40. The monoisotopic (exact) mass is 332 g/mol. The molecule has 0 amide bonds. The van der Waals surface area contributed by atoms with E-state index >= 15 is 0 Å². The molecular weight excluding hydrogens is 316 g/mol. The average molecular weight is 333 g/mol. The lowest BCUT2D eigenvalue weighted by atomic mass is 10.1. The number of aliphatic imine (C=N–C) groups is 1. The summed E-state index contributed by atoms with van der Waals surface area (Å²) in [7, 11) is 0. The van der Waals surface area contributed by atoms with E-state index in [-0.39, 0.29) is 17.5 Å². The van der Waals surface area contributed by atoms with E-state index in [1.165, 1.54) is 12.8 Å². The summed E-state index contributed by atoms with van der Waals surface area (Å²) < 4.78 is 0.958. The Balaban J connectivity index is 2.31. The highest BCUT2D eigenvalue weighted by Gasteiger charge is 2.16. The predicted molar refractivity (Wildman–Crippen MR) is 84.7 cm³/mol. The third kappa shape index (κ3) is 3.40. The lowest BCUT2D eigenvalue weighted by Crippen LogP contribution is -2.20. The van der Waals surface area contributed by atoms with Crippen molar-refractivity contribution in [3.8, 4) is 6.07 Å². The topological polar surface area (TPSA) is 88.2 Å². The van der Waals surface area contributed by atoms with Crippen LogP contribution in [0.15, 0.2) is 39.3 Å². The standard InChI is InChI=1S/C15H17BrN4/c16-11-7-5-10(6-8-11)14(18)13(9-17)15(19)20-12-3-1-2-4-12/h5-8,12H,1-4,18H2,(H2,19,20)/b14-13-. The first-order valence-electron chi connectivity index (χ1n) is 6.61. The Morgan fingerprint density at radius 1 is 1.20 bits per heavy atom. The Morgan fingerprint density at radius 3 is 2.35 bits per heavy atom. The van der Waals surface area contributed by atoms with Gasteiger partial charge in [0.1, 0.15) is 17.5 Å². The largest absolute Gasteiger partial charge is 0.397 e. The summed E-state index contributed by atoms with van der Waals surface area (Å²) in [5.74, 6) is 0.250. The molecule has 4 nitrogen and oxygen atoms in total. The summed E-state index contributed by atoms with van der Waals surface area (Å²) in [4.78, 5) is 4.44. The fourth-order valence-electron chi connectivity index (χ4n) is 2.32. The molecule has 1 aromatic rings. The minimum Gasteiger partial charge on any atom is -0.397 e. The molecule has 1 aromatic carbocycles. The molecule has 0 radical (unpaired) electrons. The van der Waals surface area contributed by atoms with Crippen molar-refractivity contribution in [1.29, 1.82) is 5.26 Å². The van der Waals surface area contributed by atoms with Crippen LogP contribution < -0.4 is 11.5 Å². The number of rotatable bonds is 3. The number of hydrogen-bond donors (Lipinski definition) is 2. The molecule has 1 fully saturated rings. The molecule has 0 saturated heterocycles. The van der Waals surface area contributed by atoms with Crippen LogP contribution in [0, 0.1) is 11.3 Å². The molecule has 5 heteroatoms. The van der Waals surface area contributed by atoms with E-state index in [4.69, 9.17) is 11.5 Å². The molecular formula is C15H17BrN4. The lowest BCUT2D eigenvalue weighted by molar-refractivity contribution is 0.706. The fourth-order valence-corrected chi connectivity index (χ4v) is 2.59. The van der Waals surface area contributed by atoms with Gasteiger partial charge in [-0.1, -0.05) is 40.9 Å². The van der Waals surface area contributed by atoms with Crippen molar-refractivity contribution >= 4 is 27.5 Å². The van der Waals surface area contributed by atoms with Gasteiger partial charge in [0.25, 0.3) is 0 Å². The van der Waals surface area contributed by atoms with E-state index in [1.807, 2.05) is 24.3 Å². The van der Waals surface area contributed by atoms with E-state index < -0.39 is 0 Å². The maximum Gasteiger partial charge on any atom is 0.138 e. The molecule has 0 atom stereocenters. The second kappa shape index (κ2) is 6.58. The second-order valence-corrected chi connectivity index (χ2v) is 5.78. The van der Waals surface area contributed by atoms with E-state index in [9.17, 15) is 5.26 Å². The summed E-state index contributed by atoms with van der Waals surface area (Å²) in [6.45, 7) is 0. The Bertz CT molecular complexity index is 575. The van der Waals surface area contributed by atoms with Crippen molar-refractivity contribution in [2.24, 2.45) is 16.5 Å². The highest BCUT2D eigenvalue weighted by atomic mass is 79.9. The van der Waals surface area contributed by atoms with Crippen LogP contribution in [-0.2, 0) is 0 Å². The van der Waals surface area contributed by atoms with Crippen LogP contribution in [0.1, 0.15) is 31.2 Å². The Labute approximate surface area is 127 Å². The molecule has 0 bridgehead atoms. The molecule has 0 spiro atoms. The van der Waals surface area contributed by atoms with Gasteiger partial charge in [-0.15, -0.1) is 0 Å². The van der Waals surface area contributed by atoms with Crippen LogP contribution in [-0.4, -0.2) is 11.9 Å². The summed E-state index contributed by atoms with van der Waals surface area (Å²) in [5, 5.41) is 9.30. The molecule has 1 saturated carbocycles. The normalized spacial score (nSPS) is 17.7. The van der Waals surface area contributed by atoms with Crippen LogP contribution in [0.2, 0.25) is 0 Å². The van der Waals surface area contributed by atoms with E-state index in [0.717, 1.165) is 22.9 Å². The van der Waals surface area contributed by atoms with Gasteiger partial charge in [-0.2, -0.15) is 5.26 Å². The van der Waals surface area contributed by atoms with E-state index in [0.29, 0.717) is 5.70 Å². The third-order valence-electron chi connectivity index (χ3n) is 3.44. The Morgan fingerprint density at radius 2 is 1.80 bits per heavy atom. The van der Waals surface area contributed by atoms with Gasteiger partial charge in [-0.25, -0.2) is 0 Å². The van der Waals surface area contributed by atoms with Gasteiger partial charge >= 0.3 is 0 Å². The molecule has 0 heterocycles. The number of nitrogens with two attached hydrogens (primary N) is 2. The molecule has 0 unspecified atom stereocenters. The maximum absolute atomic E-state index is 9.30. The smallest absolute Gasteiger partial charge is 0.138 e. The van der Waals surface area contributed by atoms with Crippen molar-refractivity contribution in [2.45, 2.75) is 31.7 Å². The predicted octanol–water partition coefficient (Wildman–Crippen LogP) is 2.94. The zero-order chi connectivity index (χ0) is 14.5. The number of nitrogens with zero attached hydrogens (tertiary/aromatic N) is 2. The van der Waals surface area contributed by atoms with E-state index in [2.05, 4.69) is 27.0 Å². The van der Waals surface area contributed by atoms with Crippen LogP contribution in [0.25, 0.3) is 5.70 Å². The average Bonchev–Trinajstić information content (AvgIpc) is 2.93. The fraction of sp³-hybridized carbons (Fsp3) is 0.333. The maximum atomic E-state index is 9.30. The molecule has 0 aromatic heterocycles. The van der Waals surface area contributed by atoms with Gasteiger partial charge in [0.15, 0.2) is 0 Å². The molecule has 0 aliphatic heterocycles. The zero-order valence-electron chi connectivity index (χ0n) is 11.1. The van der Waals surface area contributed by atoms with Crippen LogP contribution in [0.4, 0.5) is 0 Å². The van der Waals surface area contributed by atoms with Crippen LogP contribution in [0.5, 0.6) is 0 Å². The minimum atomic E-state index is 0.232. The summed E-state index contributed by atoms with van der Waals surface area (Å²) in [5.41, 5.74) is 13.4. The Kier molecular flexibility index (Phi) is 4.80. The van der Waals surface area contributed by atoms with E-state index in [1.54, 1.807) is 0 Å². The zero-order valence-corrected chi connectivity index (χ0v) is 12.7. The SMILES string of the molecule is N#C/C(C(N)=NC1CCCC1)=C(/N)c1ccc(Br)cc1. The number of benzene rings is 1. The summed E-state index contributed by atoms with van der Waals surface area (Å²) >= 11 is 3.37. The van der Waals surface area contributed by atoms with Crippen molar-refractivity contribution in [3.05, 3.63) is 39.9 Å². The molecule has 20 heavy (non-hydrogen) atoms. The highest BCUT2D eigenvalue weighted by Crippen LogP contribution is 2.22. The first-order chi connectivity index (χ1) is 9.61. The number of nitriles is 1. The van der Waals surface area contributed by atoms with Crippen molar-refractivity contribution in [1.82, 2.24) is 0 Å². The van der Waals surface area contributed by atoms with Crippen molar-refractivity contribution < 1.29 is 0 Å². The molecule has 104 valence electrons. The molecule has 1 aliphatic carbocycles. The van der Waals surface area contributed by atoms with Gasteiger partial charge < -0.3 is 11.5 Å². The summed E-state index contributed by atoms with van der Waals surface area (Å²) in [6, 6.07) is 9.75. The molecule has 1 aliphatic rings. The second-order valence-electron chi connectivity index (χ2n) is 4.86.